The first-order chi connectivity index (χ1) is 8.77. The minimum Gasteiger partial charge on any atom is -0.351 e. The fourth-order valence-electron chi connectivity index (χ4n) is 2.63. The quantitative estimate of drug-likeness (QED) is 0.601. The molecule has 2 aliphatic heterocycles. The molecule has 0 aromatic carbocycles. The van der Waals surface area contributed by atoms with Gasteiger partial charge >= 0.3 is 6.03 Å². The van der Waals surface area contributed by atoms with E-state index in [1.54, 1.807) is 0 Å². The summed E-state index contributed by atoms with van der Waals surface area (Å²) in [6.45, 7) is 2.53. The van der Waals surface area contributed by atoms with E-state index in [1.165, 1.54) is 31.4 Å². The normalized spacial score (nSPS) is 28.6. The maximum Gasteiger partial charge on any atom is 0.315 e. The van der Waals surface area contributed by atoms with E-state index in [2.05, 4.69) is 16.1 Å². The molecule has 0 saturated carbocycles. The number of carbonyl (C=O) groups is 1. The number of unbranched alkanes of at least 4 members (excludes halogenated alkanes) is 1. The topological polar surface area (TPSA) is 58.4 Å². The fourth-order valence-corrected chi connectivity index (χ4v) is 5.65. The van der Waals surface area contributed by atoms with Crippen LogP contribution in [0.5, 0.6) is 0 Å². The van der Waals surface area contributed by atoms with Crippen molar-refractivity contribution in [1.82, 2.24) is 10.2 Å². The Hall–Kier alpha value is -0.0700. The van der Waals surface area contributed by atoms with Crippen molar-refractivity contribution >= 4 is 27.6 Å². The molecule has 2 unspecified atom stereocenters. The zero-order valence-corrected chi connectivity index (χ0v) is 12.4. The number of carbonyl (C=O) groups excluding carboxylic acids is 1. The number of nitrogens with zero attached hydrogens (tertiary/aromatic N) is 1. The molecule has 0 spiro atoms. The van der Waals surface area contributed by atoms with Gasteiger partial charge in [-0.2, -0.15) is 0 Å². The van der Waals surface area contributed by atoms with Crippen molar-refractivity contribution in [2.75, 3.05) is 25.4 Å². The number of piperazine rings is 1. The highest BCUT2D eigenvalue weighted by molar-refractivity contribution is 8.77. The van der Waals surface area contributed by atoms with Crippen molar-refractivity contribution in [2.45, 2.75) is 43.4 Å². The molecule has 2 fully saturated rings. The van der Waals surface area contributed by atoms with Crippen molar-refractivity contribution in [1.29, 1.82) is 0 Å². The van der Waals surface area contributed by atoms with Gasteiger partial charge in [0.15, 0.2) is 0 Å². The molecule has 0 radical (unpaired) electrons. The molecule has 2 atom stereocenters. The zero-order chi connectivity index (χ0) is 12.8. The van der Waals surface area contributed by atoms with E-state index >= 15 is 0 Å². The highest BCUT2D eigenvalue weighted by atomic mass is 33.1. The van der Waals surface area contributed by atoms with Gasteiger partial charge < -0.3 is 16.0 Å². The Kier molecular flexibility index (Phi) is 5.98. The smallest absolute Gasteiger partial charge is 0.315 e. The van der Waals surface area contributed by atoms with Gasteiger partial charge in [-0.15, -0.1) is 0 Å². The van der Waals surface area contributed by atoms with Crippen LogP contribution in [0.15, 0.2) is 0 Å². The van der Waals surface area contributed by atoms with Crippen molar-refractivity contribution < 1.29 is 4.79 Å². The van der Waals surface area contributed by atoms with Crippen LogP contribution in [0, 0.1) is 0 Å². The predicted octanol–water partition coefficient (Wildman–Crippen LogP) is 2.05. The maximum absolute atomic E-state index is 11.3. The minimum absolute atomic E-state index is 0.260. The first kappa shape index (κ1) is 14.3. The van der Waals surface area contributed by atoms with Gasteiger partial charge in [-0.25, -0.2) is 4.79 Å². The standard InChI is InChI=1S/C12H23N3OS2/c13-12(16)15-7-6-14-9-10(15)3-1-2-4-11-5-8-17-18-11/h10-11,14H,1-9H2,(H2,13,16). The van der Waals surface area contributed by atoms with Gasteiger partial charge in [0.05, 0.1) is 0 Å². The Morgan fingerprint density at radius 3 is 2.94 bits per heavy atom. The first-order valence-corrected chi connectivity index (χ1v) is 9.20. The Morgan fingerprint density at radius 2 is 2.22 bits per heavy atom. The summed E-state index contributed by atoms with van der Waals surface area (Å²) >= 11 is 0. The van der Waals surface area contributed by atoms with E-state index in [-0.39, 0.29) is 6.03 Å². The summed E-state index contributed by atoms with van der Waals surface area (Å²) in [5.74, 6) is 1.32. The fraction of sp³-hybridized carbons (Fsp3) is 0.917. The SMILES string of the molecule is NC(=O)N1CCNCC1CCCCC1CCSS1. The number of hydrogen-bond donors (Lipinski definition) is 2. The van der Waals surface area contributed by atoms with E-state index < -0.39 is 0 Å². The molecule has 2 aliphatic rings. The second-order valence-electron chi connectivity index (χ2n) is 5.00. The number of primary amides is 1. The van der Waals surface area contributed by atoms with Crippen LogP contribution in [0.2, 0.25) is 0 Å². The van der Waals surface area contributed by atoms with Crippen molar-refractivity contribution in [3.63, 3.8) is 0 Å². The number of hydrogen-bond acceptors (Lipinski definition) is 4. The molecule has 2 rings (SSSR count). The number of nitrogens with two attached hydrogens (primary N) is 1. The van der Waals surface area contributed by atoms with E-state index in [0.29, 0.717) is 6.04 Å². The molecule has 6 heteroatoms. The lowest BCUT2D eigenvalue weighted by molar-refractivity contribution is 0.160. The van der Waals surface area contributed by atoms with Gasteiger partial charge in [-0.3, -0.25) is 0 Å². The third-order valence-electron chi connectivity index (χ3n) is 3.67. The van der Waals surface area contributed by atoms with Crippen LogP contribution in [0.1, 0.15) is 32.1 Å². The Labute approximate surface area is 117 Å². The molecule has 2 amide bonds. The molecule has 0 aliphatic carbocycles. The number of urea groups is 1. The Balaban J connectivity index is 1.63. The summed E-state index contributed by atoms with van der Waals surface area (Å²) in [7, 11) is 4.06. The lowest BCUT2D eigenvalue weighted by Crippen LogP contribution is -2.55. The summed E-state index contributed by atoms with van der Waals surface area (Å²) in [6.07, 6.45) is 6.27. The Morgan fingerprint density at radius 1 is 1.39 bits per heavy atom. The molecule has 18 heavy (non-hydrogen) atoms. The monoisotopic (exact) mass is 289 g/mol. The minimum atomic E-state index is -0.260. The summed E-state index contributed by atoms with van der Waals surface area (Å²) in [5.41, 5.74) is 5.41. The van der Waals surface area contributed by atoms with Crippen LogP contribution in [-0.2, 0) is 0 Å². The van der Waals surface area contributed by atoms with Crippen LogP contribution in [-0.4, -0.2) is 47.6 Å². The Bertz CT molecular complexity index is 272. The van der Waals surface area contributed by atoms with E-state index in [1.807, 2.05) is 15.7 Å². The second kappa shape index (κ2) is 7.50. The van der Waals surface area contributed by atoms with Crippen LogP contribution in [0.3, 0.4) is 0 Å². The van der Waals surface area contributed by atoms with Crippen molar-refractivity contribution in [2.24, 2.45) is 5.73 Å². The van der Waals surface area contributed by atoms with Crippen molar-refractivity contribution in [3.8, 4) is 0 Å². The van der Waals surface area contributed by atoms with Crippen molar-refractivity contribution in [3.05, 3.63) is 0 Å². The highest BCUT2D eigenvalue weighted by Gasteiger charge is 2.24. The molecular formula is C12H23N3OS2. The maximum atomic E-state index is 11.3. The third kappa shape index (κ3) is 4.24. The molecule has 0 bridgehead atoms. The molecular weight excluding hydrogens is 266 g/mol. The number of nitrogens with one attached hydrogen (secondary N) is 1. The molecule has 2 saturated heterocycles. The van der Waals surface area contributed by atoms with E-state index in [9.17, 15) is 4.79 Å². The largest absolute Gasteiger partial charge is 0.351 e. The average molecular weight is 289 g/mol. The van der Waals surface area contributed by atoms with Gasteiger partial charge in [-0.1, -0.05) is 34.4 Å². The molecule has 0 aromatic rings. The molecule has 2 heterocycles. The van der Waals surface area contributed by atoms with Gasteiger partial charge in [0.1, 0.15) is 0 Å². The molecule has 104 valence electrons. The first-order valence-electron chi connectivity index (χ1n) is 6.82. The van der Waals surface area contributed by atoms with Gasteiger partial charge in [0.25, 0.3) is 0 Å². The van der Waals surface area contributed by atoms with Gasteiger partial charge in [0, 0.05) is 36.7 Å². The van der Waals surface area contributed by atoms with Gasteiger partial charge in [0.2, 0.25) is 0 Å². The van der Waals surface area contributed by atoms with Crippen LogP contribution in [0.4, 0.5) is 4.79 Å². The summed E-state index contributed by atoms with van der Waals surface area (Å²) in [6, 6.07) is 0.0473. The lowest BCUT2D eigenvalue weighted by Gasteiger charge is -2.35. The summed E-state index contributed by atoms with van der Waals surface area (Å²) in [4.78, 5) is 13.2. The third-order valence-corrected chi connectivity index (χ3v) is 6.68. The summed E-state index contributed by atoms with van der Waals surface area (Å²) in [5, 5.41) is 4.21. The van der Waals surface area contributed by atoms with E-state index in [4.69, 9.17) is 5.73 Å². The van der Waals surface area contributed by atoms with Gasteiger partial charge in [-0.05, 0) is 19.3 Å². The predicted molar refractivity (Wildman–Crippen MR) is 79.9 cm³/mol. The number of rotatable bonds is 5. The molecule has 4 nitrogen and oxygen atoms in total. The van der Waals surface area contributed by atoms with Crippen LogP contribution in [0.25, 0.3) is 0 Å². The van der Waals surface area contributed by atoms with E-state index in [0.717, 1.165) is 31.3 Å². The van der Waals surface area contributed by atoms with Crippen LogP contribution >= 0.6 is 21.6 Å². The highest BCUT2D eigenvalue weighted by Crippen LogP contribution is 2.39. The second-order valence-corrected chi connectivity index (χ2v) is 7.79. The lowest BCUT2D eigenvalue weighted by atomic mass is 10.0. The zero-order valence-electron chi connectivity index (χ0n) is 10.8. The molecule has 3 N–H and O–H groups in total. The number of amides is 2. The molecule has 0 aromatic heterocycles. The summed E-state index contributed by atoms with van der Waals surface area (Å²) < 4.78 is 0. The average Bonchev–Trinajstić information content (AvgIpc) is 2.88. The van der Waals surface area contributed by atoms with Crippen LogP contribution < -0.4 is 11.1 Å².